The second-order valence-corrected chi connectivity index (χ2v) is 10.4. The average Bonchev–Trinajstić information content (AvgIpc) is 3.60. The van der Waals surface area contributed by atoms with Crippen LogP contribution < -0.4 is 4.74 Å². The number of ether oxygens (including phenoxy) is 2. The molecule has 1 saturated heterocycles. The molecule has 0 radical (unpaired) electrons. The average molecular weight is 546 g/mol. The standard InChI is InChI=1S/C29H27N3O8/c33-20-10-21(28(37)38)40-29(25(20)34)39-14-6-7-15-17(11-30-19(15)9-14)22-23(27(36)31-26(22)35)18-12-32-8-2-4-13-3-1-5-16(18)24(13)32/h1,3,5-7,9,11-12,20-21,25,29-31,33-36H,2,4,8,10H2,(H,37,38). The van der Waals surface area contributed by atoms with Gasteiger partial charge in [0.1, 0.15) is 11.9 Å². The molecule has 0 bridgehead atoms. The summed E-state index contributed by atoms with van der Waals surface area (Å²) in [6.07, 6.45) is 0.101. The van der Waals surface area contributed by atoms with Gasteiger partial charge in [-0.2, -0.15) is 0 Å². The van der Waals surface area contributed by atoms with E-state index in [1.807, 2.05) is 18.3 Å². The molecule has 7 N–H and O–H groups in total. The number of H-pyrrole nitrogens is 2. The Hall–Kier alpha value is -4.45. The van der Waals surface area contributed by atoms with Crippen LogP contribution in [-0.4, -0.2) is 70.6 Å². The van der Waals surface area contributed by atoms with Gasteiger partial charge in [0.05, 0.1) is 22.7 Å². The van der Waals surface area contributed by atoms with E-state index in [1.54, 1.807) is 24.4 Å². The zero-order chi connectivity index (χ0) is 27.7. The molecule has 1 fully saturated rings. The maximum absolute atomic E-state index is 11.4. The third-order valence-electron chi connectivity index (χ3n) is 7.93. The quantitative estimate of drug-likeness (QED) is 0.176. The van der Waals surface area contributed by atoms with Crippen LogP contribution in [0.2, 0.25) is 0 Å². The van der Waals surface area contributed by atoms with Crippen LogP contribution in [0.4, 0.5) is 0 Å². The molecule has 4 atom stereocenters. The Morgan fingerprint density at radius 2 is 1.85 bits per heavy atom. The van der Waals surface area contributed by atoms with Crippen molar-refractivity contribution in [3.8, 4) is 39.8 Å². The van der Waals surface area contributed by atoms with Crippen LogP contribution in [0.1, 0.15) is 18.4 Å². The highest BCUT2D eigenvalue weighted by Gasteiger charge is 2.41. The summed E-state index contributed by atoms with van der Waals surface area (Å²) in [5.74, 6) is -1.29. The Labute approximate surface area is 226 Å². The zero-order valence-corrected chi connectivity index (χ0v) is 21.2. The molecule has 11 heteroatoms. The number of carboxylic acids is 1. The Kier molecular flexibility index (Phi) is 5.56. The lowest BCUT2D eigenvalue weighted by Crippen LogP contribution is -2.52. The van der Waals surface area contributed by atoms with Gasteiger partial charge in [-0.3, -0.25) is 4.98 Å². The second-order valence-electron chi connectivity index (χ2n) is 10.4. The molecule has 0 spiro atoms. The molecule has 5 heterocycles. The molecule has 0 amide bonds. The van der Waals surface area contributed by atoms with E-state index in [0.29, 0.717) is 22.2 Å². The van der Waals surface area contributed by atoms with Crippen molar-refractivity contribution in [2.45, 2.75) is 50.4 Å². The van der Waals surface area contributed by atoms with Crippen LogP contribution >= 0.6 is 0 Å². The van der Waals surface area contributed by atoms with Gasteiger partial charge in [0.25, 0.3) is 0 Å². The predicted octanol–water partition coefficient (Wildman–Crippen LogP) is 3.44. The van der Waals surface area contributed by atoms with Crippen molar-refractivity contribution in [2.24, 2.45) is 0 Å². The minimum absolute atomic E-state index is 0.138. The maximum atomic E-state index is 11.4. The fraction of sp³-hybridized carbons (Fsp3) is 0.276. The van der Waals surface area contributed by atoms with Crippen LogP contribution in [0.25, 0.3) is 44.1 Å². The van der Waals surface area contributed by atoms with Gasteiger partial charge in [0, 0.05) is 58.8 Å². The number of carbonyl (C=O) groups is 1. The molecule has 4 unspecified atom stereocenters. The molecule has 206 valence electrons. The number of aliphatic hydroxyl groups is 2. The first-order valence-corrected chi connectivity index (χ1v) is 13.1. The number of fused-ring (bicyclic) bond motifs is 1. The van der Waals surface area contributed by atoms with Gasteiger partial charge in [-0.1, -0.05) is 18.2 Å². The van der Waals surface area contributed by atoms with Gasteiger partial charge in [-0.25, -0.2) is 4.79 Å². The molecule has 0 aliphatic carbocycles. The highest BCUT2D eigenvalue weighted by Crippen LogP contribution is 2.49. The van der Waals surface area contributed by atoms with E-state index >= 15 is 0 Å². The first-order valence-electron chi connectivity index (χ1n) is 13.1. The third kappa shape index (κ3) is 3.74. The van der Waals surface area contributed by atoms with Crippen molar-refractivity contribution in [3.05, 3.63) is 54.4 Å². The van der Waals surface area contributed by atoms with Gasteiger partial charge in [0.15, 0.2) is 17.9 Å². The molecule has 3 aromatic heterocycles. The second kappa shape index (κ2) is 9.05. The van der Waals surface area contributed by atoms with Gasteiger partial charge < -0.3 is 44.6 Å². The Morgan fingerprint density at radius 3 is 2.65 bits per heavy atom. The normalized spacial score (nSPS) is 22.6. The van der Waals surface area contributed by atoms with Crippen molar-refractivity contribution in [2.75, 3.05) is 0 Å². The van der Waals surface area contributed by atoms with Crippen molar-refractivity contribution < 1.29 is 39.8 Å². The third-order valence-corrected chi connectivity index (χ3v) is 7.93. The number of hydrogen-bond donors (Lipinski definition) is 7. The molecular weight excluding hydrogens is 518 g/mol. The lowest BCUT2D eigenvalue weighted by molar-refractivity contribution is -0.238. The number of hydrogen-bond acceptors (Lipinski definition) is 7. The van der Waals surface area contributed by atoms with E-state index in [1.165, 1.54) is 5.56 Å². The van der Waals surface area contributed by atoms with Crippen LogP contribution in [0.5, 0.6) is 17.5 Å². The Bertz CT molecular complexity index is 1780. The molecular formula is C29H27N3O8. The highest BCUT2D eigenvalue weighted by atomic mass is 16.7. The molecule has 0 saturated carbocycles. The number of aliphatic hydroxyl groups excluding tert-OH is 2. The minimum Gasteiger partial charge on any atom is -0.494 e. The first kappa shape index (κ1) is 24.6. The number of carboxylic acid groups (broad SMARTS) is 1. The lowest BCUT2D eigenvalue weighted by Gasteiger charge is -2.35. The molecule has 2 aliphatic heterocycles. The van der Waals surface area contributed by atoms with E-state index in [9.17, 15) is 30.3 Å². The predicted molar refractivity (Wildman–Crippen MR) is 144 cm³/mol. The molecule has 11 nitrogen and oxygen atoms in total. The number of aromatic amines is 2. The smallest absolute Gasteiger partial charge is 0.333 e. The number of aryl methyl sites for hydroxylation is 2. The van der Waals surface area contributed by atoms with Crippen molar-refractivity contribution >= 4 is 27.8 Å². The number of benzene rings is 2. The largest absolute Gasteiger partial charge is 0.494 e. The number of rotatable bonds is 5. The summed E-state index contributed by atoms with van der Waals surface area (Å²) in [4.78, 5) is 17.2. The van der Waals surface area contributed by atoms with E-state index < -0.39 is 30.6 Å². The monoisotopic (exact) mass is 545 g/mol. The molecule has 2 aromatic carbocycles. The summed E-state index contributed by atoms with van der Waals surface area (Å²) in [6, 6.07) is 11.2. The van der Waals surface area contributed by atoms with Gasteiger partial charge in [0.2, 0.25) is 6.29 Å². The number of nitrogens with one attached hydrogen (secondary N) is 2. The SMILES string of the molecule is O=C(O)C1CC(O)C(O)C(Oc2ccc3c(-c4c(O)[nH]c(O)c4-c4cn5c6c(cccc46)CCC5)c[nH]c3c2)O1. The van der Waals surface area contributed by atoms with Crippen LogP contribution in [0, 0.1) is 0 Å². The van der Waals surface area contributed by atoms with Gasteiger partial charge in [-0.15, -0.1) is 0 Å². The number of aliphatic carboxylic acids is 1. The van der Waals surface area contributed by atoms with Gasteiger partial charge in [-0.05, 0) is 30.5 Å². The topological polar surface area (TPSA) is 173 Å². The number of para-hydroxylation sites is 1. The van der Waals surface area contributed by atoms with Gasteiger partial charge >= 0.3 is 5.97 Å². The number of aromatic nitrogens is 3. The number of nitrogens with zero attached hydrogens (tertiary/aromatic N) is 1. The van der Waals surface area contributed by atoms with E-state index in [2.05, 4.69) is 20.6 Å². The van der Waals surface area contributed by atoms with Crippen LogP contribution in [0.3, 0.4) is 0 Å². The first-order chi connectivity index (χ1) is 19.3. The lowest BCUT2D eigenvalue weighted by atomic mass is 9.96. The minimum atomic E-state index is -1.42. The zero-order valence-electron chi connectivity index (χ0n) is 21.2. The van der Waals surface area contributed by atoms with Crippen molar-refractivity contribution in [1.82, 2.24) is 14.5 Å². The van der Waals surface area contributed by atoms with E-state index in [-0.39, 0.29) is 23.9 Å². The molecule has 7 rings (SSSR count). The number of aromatic hydroxyl groups is 2. The van der Waals surface area contributed by atoms with Crippen molar-refractivity contribution in [1.29, 1.82) is 0 Å². The molecule has 5 aromatic rings. The van der Waals surface area contributed by atoms with E-state index in [4.69, 9.17) is 9.47 Å². The summed E-state index contributed by atoms with van der Waals surface area (Å²) in [6.45, 7) is 0.875. The molecule has 40 heavy (non-hydrogen) atoms. The van der Waals surface area contributed by atoms with E-state index in [0.717, 1.165) is 41.2 Å². The van der Waals surface area contributed by atoms with Crippen LogP contribution in [-0.2, 0) is 22.5 Å². The fourth-order valence-corrected chi connectivity index (χ4v) is 6.07. The Morgan fingerprint density at radius 1 is 1.05 bits per heavy atom. The maximum Gasteiger partial charge on any atom is 0.333 e. The van der Waals surface area contributed by atoms with Crippen molar-refractivity contribution in [3.63, 3.8) is 0 Å². The Balaban J connectivity index is 1.28. The summed E-state index contributed by atoms with van der Waals surface area (Å²) in [5.41, 5.74) is 5.41. The summed E-state index contributed by atoms with van der Waals surface area (Å²) in [5, 5.41) is 53.2. The summed E-state index contributed by atoms with van der Waals surface area (Å²) in [7, 11) is 0. The summed E-state index contributed by atoms with van der Waals surface area (Å²) >= 11 is 0. The summed E-state index contributed by atoms with van der Waals surface area (Å²) < 4.78 is 13.3. The van der Waals surface area contributed by atoms with Crippen LogP contribution in [0.15, 0.2) is 48.8 Å². The fourth-order valence-electron chi connectivity index (χ4n) is 6.07. The highest BCUT2D eigenvalue weighted by molar-refractivity contribution is 6.08. The molecule has 2 aliphatic rings.